The van der Waals surface area contributed by atoms with Crippen molar-refractivity contribution >= 4 is 23.2 Å². The van der Waals surface area contributed by atoms with Crippen LogP contribution in [0.3, 0.4) is 0 Å². The summed E-state index contributed by atoms with van der Waals surface area (Å²) in [6.07, 6.45) is 1.23. The number of anilines is 2. The molecule has 2 aromatic carbocycles. The Hall–Kier alpha value is -3.68. The summed E-state index contributed by atoms with van der Waals surface area (Å²) >= 11 is 0. The standard InChI is InChI=1S/C20H20N2O6/c1-25-12-5-7-14(17(9-12)27-3)21-15-11-19(23)22(20(15)24)16-8-6-13(26-2)10-18(16)28-4/h5-11,21H,1-4H3. The molecule has 0 radical (unpaired) electrons. The fraction of sp³-hybridized carbons (Fsp3) is 0.200. The Morgan fingerprint density at radius 1 is 0.786 bits per heavy atom. The van der Waals surface area contributed by atoms with Gasteiger partial charge in [0.15, 0.2) is 0 Å². The molecule has 0 fully saturated rings. The van der Waals surface area contributed by atoms with Gasteiger partial charge in [-0.1, -0.05) is 0 Å². The van der Waals surface area contributed by atoms with Gasteiger partial charge in [0.1, 0.15) is 28.7 Å². The van der Waals surface area contributed by atoms with E-state index in [1.54, 1.807) is 43.5 Å². The number of methoxy groups -OCH3 is 4. The first kappa shape index (κ1) is 19.1. The van der Waals surface area contributed by atoms with E-state index in [0.717, 1.165) is 4.90 Å². The quantitative estimate of drug-likeness (QED) is 0.734. The summed E-state index contributed by atoms with van der Waals surface area (Å²) in [5, 5.41) is 2.95. The number of ether oxygens (including phenoxy) is 4. The summed E-state index contributed by atoms with van der Waals surface area (Å²) in [5.41, 5.74) is 0.971. The Morgan fingerprint density at radius 2 is 1.39 bits per heavy atom. The van der Waals surface area contributed by atoms with E-state index in [4.69, 9.17) is 18.9 Å². The van der Waals surface area contributed by atoms with Crippen LogP contribution in [-0.4, -0.2) is 40.3 Å². The summed E-state index contributed by atoms with van der Waals surface area (Å²) in [7, 11) is 6.03. The Labute approximate surface area is 162 Å². The normalized spacial score (nSPS) is 13.3. The van der Waals surface area contributed by atoms with Gasteiger partial charge in [-0.3, -0.25) is 9.59 Å². The molecule has 2 amide bonds. The molecular formula is C20H20N2O6. The number of rotatable bonds is 7. The van der Waals surface area contributed by atoms with Crippen LogP contribution < -0.4 is 29.2 Å². The first-order valence-corrected chi connectivity index (χ1v) is 8.33. The SMILES string of the molecule is COc1ccc(NC2=CC(=O)N(c3ccc(OC)cc3OC)C2=O)c(OC)c1. The van der Waals surface area contributed by atoms with E-state index >= 15 is 0 Å². The minimum atomic E-state index is -0.508. The zero-order chi connectivity index (χ0) is 20.3. The monoisotopic (exact) mass is 384 g/mol. The lowest BCUT2D eigenvalue weighted by atomic mass is 10.2. The van der Waals surface area contributed by atoms with Gasteiger partial charge in [0, 0.05) is 18.2 Å². The molecule has 146 valence electrons. The minimum Gasteiger partial charge on any atom is -0.497 e. The molecule has 2 aromatic rings. The number of imide groups is 1. The van der Waals surface area contributed by atoms with Crippen molar-refractivity contribution in [3.05, 3.63) is 48.2 Å². The maximum Gasteiger partial charge on any atom is 0.282 e. The number of nitrogens with zero attached hydrogens (tertiary/aromatic N) is 1. The molecule has 8 heteroatoms. The topological polar surface area (TPSA) is 86.3 Å². The number of nitrogens with one attached hydrogen (secondary N) is 1. The summed E-state index contributed by atoms with van der Waals surface area (Å²) < 4.78 is 20.9. The minimum absolute atomic E-state index is 0.117. The van der Waals surface area contributed by atoms with Crippen LogP contribution in [0.2, 0.25) is 0 Å². The van der Waals surface area contributed by atoms with E-state index in [1.165, 1.54) is 27.4 Å². The van der Waals surface area contributed by atoms with Gasteiger partial charge in [0.25, 0.3) is 11.8 Å². The Kier molecular flexibility index (Phi) is 5.39. The molecule has 0 atom stereocenters. The second-order valence-electron chi connectivity index (χ2n) is 5.77. The van der Waals surface area contributed by atoms with Crippen molar-refractivity contribution in [1.29, 1.82) is 0 Å². The third kappa shape index (κ3) is 3.44. The van der Waals surface area contributed by atoms with Crippen molar-refractivity contribution in [2.45, 2.75) is 0 Å². The molecule has 0 unspecified atom stereocenters. The van der Waals surface area contributed by atoms with Gasteiger partial charge in [0.05, 0.1) is 39.8 Å². The average molecular weight is 384 g/mol. The van der Waals surface area contributed by atoms with E-state index < -0.39 is 11.8 Å². The molecule has 0 saturated carbocycles. The molecule has 0 bridgehead atoms. The van der Waals surface area contributed by atoms with Crippen molar-refractivity contribution < 1.29 is 28.5 Å². The lowest BCUT2D eigenvalue weighted by molar-refractivity contribution is -0.120. The predicted molar refractivity (Wildman–Crippen MR) is 103 cm³/mol. The zero-order valence-corrected chi connectivity index (χ0v) is 15.9. The van der Waals surface area contributed by atoms with Crippen LogP contribution in [0.15, 0.2) is 48.2 Å². The zero-order valence-electron chi connectivity index (χ0n) is 15.9. The molecule has 8 nitrogen and oxygen atoms in total. The molecule has 0 spiro atoms. The Morgan fingerprint density at radius 3 is 2.00 bits per heavy atom. The predicted octanol–water partition coefficient (Wildman–Crippen LogP) is 2.59. The Bertz CT molecular complexity index is 954. The van der Waals surface area contributed by atoms with Crippen LogP contribution in [0, 0.1) is 0 Å². The van der Waals surface area contributed by atoms with Crippen molar-refractivity contribution in [3.63, 3.8) is 0 Å². The Balaban J connectivity index is 1.89. The summed E-state index contributed by atoms with van der Waals surface area (Å²) in [6.45, 7) is 0. The van der Waals surface area contributed by atoms with Gasteiger partial charge in [0.2, 0.25) is 0 Å². The maximum atomic E-state index is 12.9. The summed E-state index contributed by atoms with van der Waals surface area (Å²) in [6, 6.07) is 9.95. The van der Waals surface area contributed by atoms with Gasteiger partial charge in [-0.2, -0.15) is 0 Å². The van der Waals surface area contributed by atoms with Crippen molar-refractivity contribution in [3.8, 4) is 23.0 Å². The number of benzene rings is 2. The molecular weight excluding hydrogens is 364 g/mol. The third-order valence-corrected chi connectivity index (χ3v) is 4.23. The number of carbonyl (C=O) groups is 2. The van der Waals surface area contributed by atoms with Crippen molar-refractivity contribution in [1.82, 2.24) is 0 Å². The van der Waals surface area contributed by atoms with Gasteiger partial charge >= 0.3 is 0 Å². The van der Waals surface area contributed by atoms with Crippen LogP contribution in [-0.2, 0) is 9.59 Å². The molecule has 0 saturated heterocycles. The van der Waals surface area contributed by atoms with Crippen LogP contribution in [0.1, 0.15) is 0 Å². The highest BCUT2D eigenvalue weighted by molar-refractivity contribution is 6.31. The van der Waals surface area contributed by atoms with Crippen LogP contribution >= 0.6 is 0 Å². The number of hydrogen-bond donors (Lipinski definition) is 1. The van der Waals surface area contributed by atoms with Gasteiger partial charge in [-0.05, 0) is 24.3 Å². The van der Waals surface area contributed by atoms with E-state index in [2.05, 4.69) is 5.32 Å². The highest BCUT2D eigenvalue weighted by atomic mass is 16.5. The highest BCUT2D eigenvalue weighted by Gasteiger charge is 2.34. The number of amides is 2. The fourth-order valence-corrected chi connectivity index (χ4v) is 2.80. The first-order chi connectivity index (χ1) is 13.5. The molecule has 0 aromatic heterocycles. The van der Waals surface area contributed by atoms with Gasteiger partial charge in [-0.25, -0.2) is 4.90 Å². The fourth-order valence-electron chi connectivity index (χ4n) is 2.80. The molecule has 1 aliphatic rings. The third-order valence-electron chi connectivity index (χ3n) is 4.23. The molecule has 1 aliphatic heterocycles. The van der Waals surface area contributed by atoms with E-state index in [-0.39, 0.29) is 5.70 Å². The second kappa shape index (κ2) is 7.91. The van der Waals surface area contributed by atoms with E-state index in [0.29, 0.717) is 34.4 Å². The first-order valence-electron chi connectivity index (χ1n) is 8.33. The summed E-state index contributed by atoms with van der Waals surface area (Å²) in [5.74, 6) is 0.984. The largest absolute Gasteiger partial charge is 0.497 e. The summed E-state index contributed by atoms with van der Waals surface area (Å²) in [4.78, 5) is 26.4. The smallest absolute Gasteiger partial charge is 0.282 e. The number of carbonyl (C=O) groups excluding carboxylic acids is 2. The number of hydrogen-bond acceptors (Lipinski definition) is 7. The van der Waals surface area contributed by atoms with Crippen LogP contribution in [0.25, 0.3) is 0 Å². The molecule has 28 heavy (non-hydrogen) atoms. The van der Waals surface area contributed by atoms with Crippen LogP contribution in [0.4, 0.5) is 11.4 Å². The molecule has 3 rings (SSSR count). The van der Waals surface area contributed by atoms with E-state index in [1.807, 2.05) is 0 Å². The second-order valence-corrected chi connectivity index (χ2v) is 5.77. The molecule has 1 heterocycles. The maximum absolute atomic E-state index is 12.9. The highest BCUT2D eigenvalue weighted by Crippen LogP contribution is 2.36. The van der Waals surface area contributed by atoms with Crippen molar-refractivity contribution in [2.75, 3.05) is 38.7 Å². The van der Waals surface area contributed by atoms with Gasteiger partial charge < -0.3 is 24.3 Å². The average Bonchev–Trinajstić information content (AvgIpc) is 3.00. The molecule has 1 N–H and O–H groups in total. The van der Waals surface area contributed by atoms with Gasteiger partial charge in [-0.15, -0.1) is 0 Å². The van der Waals surface area contributed by atoms with E-state index in [9.17, 15) is 9.59 Å². The lowest BCUT2D eigenvalue weighted by Gasteiger charge is -2.19. The lowest BCUT2D eigenvalue weighted by Crippen LogP contribution is -2.32. The van der Waals surface area contributed by atoms with Crippen LogP contribution in [0.5, 0.6) is 23.0 Å². The van der Waals surface area contributed by atoms with Crippen molar-refractivity contribution in [2.24, 2.45) is 0 Å². The molecule has 0 aliphatic carbocycles.